The molecule has 0 aliphatic carbocycles. The van der Waals surface area contributed by atoms with Gasteiger partial charge in [0.1, 0.15) is 17.7 Å². The summed E-state index contributed by atoms with van der Waals surface area (Å²) in [5.41, 5.74) is 2.36. The van der Waals surface area contributed by atoms with Crippen LogP contribution in [0, 0.1) is 5.82 Å². The molecule has 1 fully saturated rings. The normalized spacial score (nSPS) is 15.1. The number of unbranched alkanes of at least 4 members (excludes halogenated alkanes) is 1. The number of hydrogen-bond acceptors (Lipinski definition) is 5. The van der Waals surface area contributed by atoms with Crippen molar-refractivity contribution in [2.45, 2.75) is 45.3 Å². The van der Waals surface area contributed by atoms with Crippen LogP contribution in [0.15, 0.2) is 61.2 Å². The zero-order chi connectivity index (χ0) is 25.5. The number of amides is 2. The van der Waals surface area contributed by atoms with Gasteiger partial charge >= 0.3 is 6.09 Å². The number of benzene rings is 2. The molecule has 1 N–H and O–H groups in total. The van der Waals surface area contributed by atoms with E-state index >= 15 is 0 Å². The Bertz CT molecular complexity index is 1210. The number of Topliss-reactive ketones (excluding diaryl/α,β-unsaturated/α-hetero) is 1. The van der Waals surface area contributed by atoms with Crippen molar-refractivity contribution < 1.29 is 23.5 Å². The zero-order valence-corrected chi connectivity index (χ0v) is 20.2. The predicted octanol–water partition coefficient (Wildman–Crippen LogP) is 4.13. The topological polar surface area (TPSA) is 93.5 Å². The van der Waals surface area contributed by atoms with E-state index in [4.69, 9.17) is 4.74 Å². The van der Waals surface area contributed by atoms with Gasteiger partial charge in [0.25, 0.3) is 0 Å². The molecule has 9 heteroatoms. The van der Waals surface area contributed by atoms with Crippen molar-refractivity contribution in [1.29, 1.82) is 0 Å². The summed E-state index contributed by atoms with van der Waals surface area (Å²) in [6, 6.07) is 11.9. The largest absolute Gasteiger partial charge is 0.442 e. The smallest absolute Gasteiger partial charge is 0.414 e. The average Bonchev–Trinajstić information content (AvgIpc) is 3.50. The second-order valence-electron chi connectivity index (χ2n) is 8.89. The third-order valence-corrected chi connectivity index (χ3v) is 6.06. The predicted molar refractivity (Wildman–Crippen MR) is 133 cm³/mol. The Kier molecular flexibility index (Phi) is 8.10. The summed E-state index contributed by atoms with van der Waals surface area (Å²) in [7, 11) is 0. The third kappa shape index (κ3) is 6.56. The van der Waals surface area contributed by atoms with Crippen molar-refractivity contribution in [3.05, 3.63) is 72.6 Å². The van der Waals surface area contributed by atoms with Gasteiger partial charge in [0.05, 0.1) is 25.1 Å². The van der Waals surface area contributed by atoms with Crippen LogP contribution in [0.3, 0.4) is 0 Å². The van der Waals surface area contributed by atoms with E-state index in [0.29, 0.717) is 29.7 Å². The van der Waals surface area contributed by atoms with E-state index in [1.165, 1.54) is 17.9 Å². The van der Waals surface area contributed by atoms with Crippen LogP contribution in [0.2, 0.25) is 0 Å². The molecule has 0 saturated carbocycles. The Morgan fingerprint density at radius 3 is 2.67 bits per heavy atom. The lowest BCUT2D eigenvalue weighted by Gasteiger charge is -2.14. The number of aromatic nitrogens is 2. The first kappa shape index (κ1) is 25.1. The van der Waals surface area contributed by atoms with Crippen LogP contribution in [-0.2, 0) is 27.3 Å². The fourth-order valence-electron chi connectivity index (χ4n) is 4.16. The summed E-state index contributed by atoms with van der Waals surface area (Å²) in [5, 5.41) is 2.62. The quantitative estimate of drug-likeness (QED) is 0.406. The number of halogens is 1. The van der Waals surface area contributed by atoms with E-state index in [0.717, 1.165) is 24.9 Å². The molecule has 1 aliphatic rings. The maximum Gasteiger partial charge on any atom is 0.414 e. The Morgan fingerprint density at radius 2 is 1.97 bits per heavy atom. The van der Waals surface area contributed by atoms with Gasteiger partial charge in [-0.05, 0) is 42.2 Å². The standard InChI is InChI=1S/C27H29FN4O4/c1-19(33)30-16-24-17-32(27(35)36-24)22-9-10-25(26(28)15-22)21-7-5-20(6-8-21)14-23(34)4-2-3-12-31-13-11-29-18-31/h5-11,13,15,18,24H,2-4,12,14,16-17H2,1H3,(H,30,33)/t24-/m0/s1. The van der Waals surface area contributed by atoms with Crippen molar-refractivity contribution in [2.24, 2.45) is 0 Å². The minimum Gasteiger partial charge on any atom is -0.442 e. The molecule has 2 aromatic carbocycles. The number of ketones is 1. The number of anilines is 1. The van der Waals surface area contributed by atoms with Gasteiger partial charge in [-0.3, -0.25) is 14.5 Å². The number of imidazole rings is 1. The van der Waals surface area contributed by atoms with Gasteiger partial charge in [-0.25, -0.2) is 14.2 Å². The first-order chi connectivity index (χ1) is 17.4. The first-order valence-corrected chi connectivity index (χ1v) is 12.0. The van der Waals surface area contributed by atoms with Crippen LogP contribution in [0.4, 0.5) is 14.9 Å². The molecule has 0 spiro atoms. The van der Waals surface area contributed by atoms with Crippen LogP contribution >= 0.6 is 0 Å². The second kappa shape index (κ2) is 11.6. The zero-order valence-electron chi connectivity index (χ0n) is 20.2. The number of carbonyl (C=O) groups excluding carboxylic acids is 3. The number of nitrogens with zero attached hydrogens (tertiary/aromatic N) is 3. The van der Waals surface area contributed by atoms with E-state index in [-0.39, 0.29) is 24.8 Å². The summed E-state index contributed by atoms with van der Waals surface area (Å²) in [4.78, 5) is 41.0. The summed E-state index contributed by atoms with van der Waals surface area (Å²) < 4.78 is 22.2. The molecule has 188 valence electrons. The van der Waals surface area contributed by atoms with Gasteiger partial charge in [-0.1, -0.05) is 24.3 Å². The fourth-order valence-corrected chi connectivity index (χ4v) is 4.16. The number of nitrogens with one attached hydrogen (secondary N) is 1. The molecule has 36 heavy (non-hydrogen) atoms. The van der Waals surface area contributed by atoms with E-state index in [2.05, 4.69) is 10.3 Å². The molecule has 1 aromatic heterocycles. The lowest BCUT2D eigenvalue weighted by molar-refractivity contribution is -0.119. The monoisotopic (exact) mass is 492 g/mol. The molecule has 0 unspecified atom stereocenters. The highest BCUT2D eigenvalue weighted by atomic mass is 19.1. The van der Waals surface area contributed by atoms with Gasteiger partial charge in [0, 0.05) is 44.3 Å². The Hall–Kier alpha value is -4.01. The van der Waals surface area contributed by atoms with Gasteiger partial charge in [-0.15, -0.1) is 0 Å². The average molecular weight is 493 g/mol. The molecule has 2 heterocycles. The van der Waals surface area contributed by atoms with Crippen molar-refractivity contribution in [1.82, 2.24) is 14.9 Å². The SMILES string of the molecule is CC(=O)NC[C@H]1CN(c2ccc(-c3ccc(CC(=O)CCCCn4ccnc4)cc3)c(F)c2)C(=O)O1. The Morgan fingerprint density at radius 1 is 1.17 bits per heavy atom. The van der Waals surface area contributed by atoms with Crippen molar-refractivity contribution in [3.63, 3.8) is 0 Å². The molecular formula is C27H29FN4O4. The number of aryl methyl sites for hydroxylation is 1. The number of hydrogen-bond donors (Lipinski definition) is 1. The molecule has 0 radical (unpaired) electrons. The highest BCUT2D eigenvalue weighted by Gasteiger charge is 2.32. The lowest BCUT2D eigenvalue weighted by atomic mass is 10.00. The van der Waals surface area contributed by atoms with E-state index in [1.807, 2.05) is 22.9 Å². The number of carbonyl (C=O) groups is 3. The van der Waals surface area contributed by atoms with Crippen LogP contribution in [-0.4, -0.2) is 46.5 Å². The maximum absolute atomic E-state index is 15.0. The number of rotatable bonds is 11. The van der Waals surface area contributed by atoms with E-state index < -0.39 is 18.0 Å². The highest BCUT2D eigenvalue weighted by Crippen LogP contribution is 2.29. The van der Waals surface area contributed by atoms with E-state index in [1.54, 1.807) is 36.8 Å². The molecular weight excluding hydrogens is 463 g/mol. The number of cyclic esters (lactones) is 1. The molecule has 3 aromatic rings. The lowest BCUT2D eigenvalue weighted by Crippen LogP contribution is -2.33. The molecule has 8 nitrogen and oxygen atoms in total. The van der Waals surface area contributed by atoms with Gasteiger partial charge in [0.15, 0.2) is 0 Å². The van der Waals surface area contributed by atoms with Gasteiger partial charge < -0.3 is 14.6 Å². The summed E-state index contributed by atoms with van der Waals surface area (Å²) >= 11 is 0. The van der Waals surface area contributed by atoms with Crippen molar-refractivity contribution in [2.75, 3.05) is 18.0 Å². The van der Waals surface area contributed by atoms with Crippen LogP contribution in [0.5, 0.6) is 0 Å². The first-order valence-electron chi connectivity index (χ1n) is 12.0. The van der Waals surface area contributed by atoms with Crippen LogP contribution in [0.1, 0.15) is 31.7 Å². The molecule has 4 rings (SSSR count). The minimum atomic E-state index is -0.576. The molecule has 1 atom stereocenters. The Balaban J connectivity index is 1.30. The molecule has 1 saturated heterocycles. The second-order valence-corrected chi connectivity index (χ2v) is 8.89. The molecule has 0 bridgehead atoms. The molecule has 1 aliphatic heterocycles. The Labute approximate surface area is 209 Å². The van der Waals surface area contributed by atoms with Crippen LogP contribution < -0.4 is 10.2 Å². The summed E-state index contributed by atoms with van der Waals surface area (Å²) in [6.45, 7) is 2.67. The van der Waals surface area contributed by atoms with Gasteiger partial charge in [0.2, 0.25) is 5.91 Å². The molecule has 2 amide bonds. The van der Waals surface area contributed by atoms with E-state index in [9.17, 15) is 18.8 Å². The highest BCUT2D eigenvalue weighted by molar-refractivity contribution is 5.90. The van der Waals surface area contributed by atoms with Crippen molar-refractivity contribution in [3.8, 4) is 11.1 Å². The van der Waals surface area contributed by atoms with Gasteiger partial charge in [-0.2, -0.15) is 0 Å². The number of ether oxygens (including phenoxy) is 1. The fraction of sp³-hybridized carbons (Fsp3) is 0.333. The summed E-state index contributed by atoms with van der Waals surface area (Å²) in [6.07, 6.45) is 6.97. The minimum absolute atomic E-state index is 0.179. The van der Waals surface area contributed by atoms with Crippen molar-refractivity contribution >= 4 is 23.5 Å². The maximum atomic E-state index is 15.0. The third-order valence-electron chi connectivity index (χ3n) is 6.06. The summed E-state index contributed by atoms with van der Waals surface area (Å²) in [5.74, 6) is -0.498. The van der Waals surface area contributed by atoms with Crippen LogP contribution in [0.25, 0.3) is 11.1 Å².